The Morgan fingerprint density at radius 2 is 1.92 bits per heavy atom. The van der Waals surface area contributed by atoms with Gasteiger partial charge in [-0.05, 0) is 0 Å². The van der Waals surface area contributed by atoms with Crippen LogP contribution in [0, 0.1) is 17.6 Å². The topological polar surface area (TPSA) is 58.4 Å². The van der Waals surface area contributed by atoms with Gasteiger partial charge in [-0.25, -0.2) is 0 Å². The zero-order valence-electron chi connectivity index (χ0n) is 14.5. The second kappa shape index (κ2) is 8.08. The van der Waals surface area contributed by atoms with Gasteiger partial charge in [-0.3, -0.25) is 0 Å². The van der Waals surface area contributed by atoms with Crippen molar-refractivity contribution >= 4 is 27.3 Å². The number of benzene rings is 1. The normalized spacial score (nSPS) is 21.6. The van der Waals surface area contributed by atoms with E-state index in [-0.39, 0.29) is 11.8 Å². The molecule has 7 heteroatoms. The standard InChI is InChI=1S/C17H21F2N3O.CH3.In/c1-2-16(17(20)23)13(11-22-5-3-21-4-6-22)7-12-8-14(18)10-15(19)9-12;;/h8-10,16,21H,1-7H2,(H2,20,23);1H3;. The van der Waals surface area contributed by atoms with Crippen LogP contribution in [-0.2, 0) is 11.2 Å². The van der Waals surface area contributed by atoms with E-state index in [9.17, 15) is 13.6 Å². The third kappa shape index (κ3) is 4.37. The molecule has 134 valence electrons. The average Bonchev–Trinajstić information content (AvgIpc) is 2.54. The number of nitrogens with zero attached hydrogens (tertiary/aromatic N) is 1. The van der Waals surface area contributed by atoms with Gasteiger partial charge in [0.1, 0.15) is 0 Å². The van der Waals surface area contributed by atoms with Crippen LogP contribution >= 0.6 is 0 Å². The summed E-state index contributed by atoms with van der Waals surface area (Å²) in [6.45, 7) is 3.68. The molecule has 2 aliphatic heterocycles. The molecule has 3 rings (SSSR count). The van der Waals surface area contributed by atoms with Crippen LogP contribution < -0.4 is 11.1 Å². The number of hydrogen-bond donors (Lipinski definition) is 2. The van der Waals surface area contributed by atoms with Crippen LogP contribution in [0.1, 0.15) is 12.0 Å². The third-order valence-corrected chi connectivity index (χ3v) is 13.4. The van der Waals surface area contributed by atoms with Crippen LogP contribution in [-0.4, -0.2) is 58.4 Å². The number of amides is 1. The first-order chi connectivity index (χ1) is 12.0. The molecule has 2 heterocycles. The van der Waals surface area contributed by atoms with E-state index in [0.29, 0.717) is 12.0 Å². The molecule has 4 nitrogen and oxygen atoms in total. The zero-order chi connectivity index (χ0) is 18.0. The Labute approximate surface area is 155 Å². The summed E-state index contributed by atoms with van der Waals surface area (Å²) in [4.78, 5) is 14.5. The van der Waals surface area contributed by atoms with E-state index < -0.39 is 33.1 Å². The van der Waals surface area contributed by atoms with Crippen LogP contribution in [0.5, 0.6) is 0 Å². The second-order valence-corrected chi connectivity index (χ2v) is 15.4. The number of rotatable bonds is 4. The minimum absolute atomic E-state index is 0.316. The fourth-order valence-electron chi connectivity index (χ4n) is 4.10. The summed E-state index contributed by atoms with van der Waals surface area (Å²) >= 11 is -1.98. The first-order valence-corrected chi connectivity index (χ1v) is 16.2. The Kier molecular flexibility index (Phi) is 6.04. The van der Waals surface area contributed by atoms with E-state index in [1.807, 2.05) is 0 Å². The molecule has 0 aliphatic carbocycles. The summed E-state index contributed by atoms with van der Waals surface area (Å²) < 4.78 is 32.0. The quantitative estimate of drug-likeness (QED) is 0.735. The molecular weight excluding hydrogens is 427 g/mol. The van der Waals surface area contributed by atoms with Gasteiger partial charge in [-0.2, -0.15) is 0 Å². The Balaban J connectivity index is 2.02. The Bertz CT molecular complexity index is 669. The molecule has 0 spiro atoms. The number of hydrogen-bond acceptors (Lipinski definition) is 3. The molecule has 1 fully saturated rings. The van der Waals surface area contributed by atoms with Crippen LogP contribution in [0.4, 0.5) is 8.78 Å². The number of carbonyl (C=O) groups is 1. The van der Waals surface area contributed by atoms with E-state index in [2.05, 4.69) is 14.9 Å². The SMILES string of the molecule is [CH3][In]1[CH2]CC(C(N)=O)C(Cc2cc(F)cc(F)c2)=[C]1N1CCNCC1. The van der Waals surface area contributed by atoms with Crippen molar-refractivity contribution < 1.29 is 13.6 Å². The molecule has 3 N–H and O–H groups in total. The molecule has 0 aromatic heterocycles. The molecule has 2 aliphatic rings. The van der Waals surface area contributed by atoms with Crippen molar-refractivity contribution in [3.8, 4) is 0 Å². The monoisotopic (exact) mass is 451 g/mol. The van der Waals surface area contributed by atoms with Gasteiger partial charge in [-0.15, -0.1) is 0 Å². The van der Waals surface area contributed by atoms with E-state index in [0.717, 1.165) is 48.4 Å². The number of primary amides is 1. The summed E-state index contributed by atoms with van der Waals surface area (Å²) in [5.41, 5.74) is 7.28. The summed E-state index contributed by atoms with van der Waals surface area (Å²) in [5.74, 6) is -1.80. The predicted molar refractivity (Wildman–Crippen MR) is 95.3 cm³/mol. The van der Waals surface area contributed by atoms with Gasteiger partial charge >= 0.3 is 155 Å². The van der Waals surface area contributed by atoms with Gasteiger partial charge in [0.2, 0.25) is 0 Å². The molecule has 1 amide bonds. The fraction of sp³-hybridized carbons (Fsp3) is 0.500. The van der Waals surface area contributed by atoms with E-state index in [4.69, 9.17) is 5.73 Å². The van der Waals surface area contributed by atoms with Crippen molar-refractivity contribution in [1.29, 1.82) is 0 Å². The molecule has 1 unspecified atom stereocenters. The minimum atomic E-state index is -1.98. The summed E-state index contributed by atoms with van der Waals surface area (Å²) in [6.07, 6.45) is 1.19. The molecule has 25 heavy (non-hydrogen) atoms. The van der Waals surface area contributed by atoms with E-state index in [1.165, 1.54) is 15.6 Å². The Morgan fingerprint density at radius 1 is 1.28 bits per heavy atom. The van der Waals surface area contributed by atoms with Gasteiger partial charge in [-0.1, -0.05) is 0 Å². The first-order valence-electron chi connectivity index (χ1n) is 8.88. The summed E-state index contributed by atoms with van der Waals surface area (Å²) in [6, 6.07) is 3.60. The van der Waals surface area contributed by atoms with Crippen LogP contribution in [0.15, 0.2) is 27.2 Å². The maximum atomic E-state index is 13.6. The molecule has 0 radical (unpaired) electrons. The van der Waals surface area contributed by atoms with Crippen molar-refractivity contribution in [3.63, 3.8) is 0 Å². The predicted octanol–water partition coefficient (Wildman–Crippen LogP) is 1.84. The first kappa shape index (κ1) is 18.7. The summed E-state index contributed by atoms with van der Waals surface area (Å²) in [5, 5.41) is 3.35. The van der Waals surface area contributed by atoms with Crippen LogP contribution in [0.3, 0.4) is 0 Å². The second-order valence-electron chi connectivity index (χ2n) is 7.04. The zero-order valence-corrected chi connectivity index (χ0v) is 17.8. The number of carbonyl (C=O) groups excluding carboxylic acids is 1. The Hall–Kier alpha value is -1.08. The van der Waals surface area contributed by atoms with Gasteiger partial charge < -0.3 is 0 Å². The van der Waals surface area contributed by atoms with Gasteiger partial charge in [0.25, 0.3) is 0 Å². The van der Waals surface area contributed by atoms with Crippen LogP contribution in [0.2, 0.25) is 8.86 Å². The van der Waals surface area contributed by atoms with Crippen molar-refractivity contribution in [2.24, 2.45) is 11.7 Å². The maximum absolute atomic E-state index is 13.6. The van der Waals surface area contributed by atoms with Crippen molar-refractivity contribution in [2.45, 2.75) is 21.7 Å². The van der Waals surface area contributed by atoms with Gasteiger partial charge in [0.15, 0.2) is 0 Å². The molecule has 0 bridgehead atoms. The van der Waals surface area contributed by atoms with E-state index in [1.54, 1.807) is 0 Å². The average molecular weight is 451 g/mol. The van der Waals surface area contributed by atoms with Gasteiger partial charge in [0.05, 0.1) is 0 Å². The molecule has 1 atom stereocenters. The molecule has 1 aromatic rings. The number of halogens is 2. The molecule has 0 saturated carbocycles. The van der Waals surface area contributed by atoms with Gasteiger partial charge in [0, 0.05) is 0 Å². The summed E-state index contributed by atoms with van der Waals surface area (Å²) in [7, 11) is 0. The molecule has 1 saturated heterocycles. The van der Waals surface area contributed by atoms with Crippen molar-refractivity contribution in [2.75, 3.05) is 26.2 Å². The number of nitrogens with one attached hydrogen (secondary N) is 1. The molecule has 1 aromatic carbocycles. The van der Waals surface area contributed by atoms with Crippen molar-refractivity contribution in [3.05, 3.63) is 44.4 Å². The third-order valence-electron chi connectivity index (χ3n) is 5.22. The van der Waals surface area contributed by atoms with Crippen molar-refractivity contribution in [1.82, 2.24) is 10.2 Å². The number of piperazine rings is 1. The molecular formula is C18H24F2InN3O. The van der Waals surface area contributed by atoms with Crippen LogP contribution in [0.25, 0.3) is 0 Å². The number of nitrogens with two attached hydrogens (primary N) is 1. The van der Waals surface area contributed by atoms with E-state index >= 15 is 0 Å². The Morgan fingerprint density at radius 3 is 2.52 bits per heavy atom. The fourth-order valence-corrected chi connectivity index (χ4v) is 12.5.